The molecule has 0 heterocycles. The summed E-state index contributed by atoms with van der Waals surface area (Å²) in [4.78, 5) is 22.9. The molecule has 0 amide bonds. The molecular weight excluding hydrogens is 388 g/mol. The van der Waals surface area contributed by atoms with Crippen molar-refractivity contribution in [3.05, 3.63) is 53.1 Å². The van der Waals surface area contributed by atoms with Crippen LogP contribution in [0, 0.1) is 0 Å². The zero-order chi connectivity index (χ0) is 22.3. The number of benzene rings is 1. The molecule has 0 spiro atoms. The minimum Gasteiger partial charge on any atom is -0.478 e. The molecule has 1 N–H and O–H groups in total. The molecule has 31 heavy (non-hydrogen) atoms. The molecule has 0 atom stereocenters. The lowest BCUT2D eigenvalue weighted by molar-refractivity contribution is -0.134. The molecule has 0 aromatic heterocycles. The molecule has 0 fully saturated rings. The van der Waals surface area contributed by atoms with E-state index in [0.717, 1.165) is 12.8 Å². The summed E-state index contributed by atoms with van der Waals surface area (Å²) in [6, 6.07) is 5.91. The number of carbonyl (C=O) groups is 2. The molecule has 1 aliphatic carbocycles. The zero-order valence-electron chi connectivity index (χ0n) is 19.0. The first-order valence-corrected chi connectivity index (χ1v) is 12.0. The van der Waals surface area contributed by atoms with Crippen LogP contribution in [0.4, 0.5) is 0 Å². The van der Waals surface area contributed by atoms with Gasteiger partial charge in [-0.15, -0.1) is 0 Å². The van der Waals surface area contributed by atoms with Gasteiger partial charge < -0.3 is 9.84 Å². The number of aromatic carboxylic acids is 1. The van der Waals surface area contributed by atoms with Crippen molar-refractivity contribution in [3.63, 3.8) is 0 Å². The van der Waals surface area contributed by atoms with Crippen molar-refractivity contribution >= 4 is 11.9 Å². The van der Waals surface area contributed by atoms with E-state index in [1.165, 1.54) is 99.6 Å². The molecule has 0 unspecified atom stereocenters. The monoisotopic (exact) mass is 426 g/mol. The highest BCUT2D eigenvalue weighted by molar-refractivity contribution is 5.87. The summed E-state index contributed by atoms with van der Waals surface area (Å²) < 4.78 is 5.30. The van der Waals surface area contributed by atoms with E-state index < -0.39 is 5.97 Å². The van der Waals surface area contributed by atoms with Crippen LogP contribution in [0.15, 0.2) is 47.6 Å². The molecule has 2 rings (SSSR count). The molecular formula is C27H38O4. The second kappa shape index (κ2) is 14.6. The zero-order valence-corrected chi connectivity index (χ0v) is 19.0. The standard InChI is InChI=1S/C27H38O4/c1-2-3-4-5-6-7-8-9-10-11-12-22-13-14-23(21-22)15-20-26(28)31-25-18-16-24(17-19-25)27(29)30/h13,16-19,21H,2-12,14-15,20H2,1H3,(H,29,30). The molecule has 0 bridgehead atoms. The molecule has 0 radical (unpaired) electrons. The number of carboxylic acids is 1. The highest BCUT2D eigenvalue weighted by Crippen LogP contribution is 2.26. The maximum absolute atomic E-state index is 12.1. The van der Waals surface area contributed by atoms with Crippen molar-refractivity contribution in [1.82, 2.24) is 0 Å². The molecule has 4 heteroatoms. The van der Waals surface area contributed by atoms with Crippen molar-refractivity contribution < 1.29 is 19.4 Å². The quantitative estimate of drug-likeness (QED) is 0.168. The van der Waals surface area contributed by atoms with Gasteiger partial charge in [0.25, 0.3) is 0 Å². The minimum absolute atomic E-state index is 0.178. The van der Waals surface area contributed by atoms with E-state index in [4.69, 9.17) is 9.84 Å². The van der Waals surface area contributed by atoms with Gasteiger partial charge in [0, 0.05) is 6.42 Å². The van der Waals surface area contributed by atoms with Gasteiger partial charge in [0.2, 0.25) is 0 Å². The van der Waals surface area contributed by atoms with Gasteiger partial charge in [-0.3, -0.25) is 4.79 Å². The van der Waals surface area contributed by atoms with E-state index in [1.54, 1.807) is 0 Å². The van der Waals surface area contributed by atoms with Crippen LogP contribution in [-0.2, 0) is 4.79 Å². The van der Waals surface area contributed by atoms with Crippen LogP contribution < -0.4 is 4.74 Å². The Balaban J connectivity index is 1.53. The Morgan fingerprint density at radius 1 is 0.871 bits per heavy atom. The third-order valence-corrected chi connectivity index (χ3v) is 5.82. The number of unbranched alkanes of at least 4 members (excludes halogenated alkanes) is 9. The van der Waals surface area contributed by atoms with E-state index in [2.05, 4.69) is 19.1 Å². The number of rotatable bonds is 16. The summed E-state index contributed by atoms with van der Waals surface area (Å²) in [7, 11) is 0. The van der Waals surface area contributed by atoms with Crippen molar-refractivity contribution in [3.8, 4) is 5.75 Å². The Labute approximate surface area is 187 Å². The van der Waals surface area contributed by atoms with Crippen molar-refractivity contribution in [2.24, 2.45) is 0 Å². The third kappa shape index (κ3) is 10.5. The maximum Gasteiger partial charge on any atom is 0.335 e. The Hall–Kier alpha value is -2.36. The predicted molar refractivity (Wildman–Crippen MR) is 126 cm³/mol. The highest BCUT2D eigenvalue weighted by atomic mass is 16.5. The number of hydrogen-bond donors (Lipinski definition) is 1. The number of esters is 1. The molecule has 4 nitrogen and oxygen atoms in total. The molecule has 1 aromatic rings. The van der Waals surface area contributed by atoms with Crippen LogP contribution >= 0.6 is 0 Å². The van der Waals surface area contributed by atoms with Crippen LogP contribution in [0.1, 0.15) is 107 Å². The van der Waals surface area contributed by atoms with E-state index in [-0.39, 0.29) is 11.5 Å². The summed E-state index contributed by atoms with van der Waals surface area (Å²) in [5.41, 5.74) is 2.88. The molecule has 1 aliphatic rings. The summed E-state index contributed by atoms with van der Waals surface area (Å²) in [5, 5.41) is 8.90. The average molecular weight is 427 g/mol. The van der Waals surface area contributed by atoms with Crippen LogP contribution in [-0.4, -0.2) is 17.0 Å². The van der Waals surface area contributed by atoms with Gasteiger partial charge in [-0.25, -0.2) is 4.79 Å². The lowest BCUT2D eigenvalue weighted by atomic mass is 10.0. The van der Waals surface area contributed by atoms with Gasteiger partial charge in [0.05, 0.1) is 5.56 Å². The number of carboxylic acid groups (broad SMARTS) is 1. The SMILES string of the molecule is CCCCCCCCCCCCC1=CCC(CCC(=O)Oc2ccc(C(=O)O)cc2)=C1. The van der Waals surface area contributed by atoms with Crippen LogP contribution in [0.3, 0.4) is 0 Å². The molecule has 0 aliphatic heterocycles. The average Bonchev–Trinajstić information content (AvgIpc) is 3.22. The normalized spacial score (nSPS) is 13.1. The van der Waals surface area contributed by atoms with Gasteiger partial charge >= 0.3 is 11.9 Å². The molecule has 0 saturated heterocycles. The first-order valence-electron chi connectivity index (χ1n) is 12.0. The summed E-state index contributed by atoms with van der Waals surface area (Å²) in [6.45, 7) is 2.26. The van der Waals surface area contributed by atoms with Gasteiger partial charge in [-0.1, -0.05) is 88.0 Å². The Morgan fingerprint density at radius 3 is 2.10 bits per heavy atom. The summed E-state index contributed by atoms with van der Waals surface area (Å²) in [6.07, 6.45) is 21.2. The fraction of sp³-hybridized carbons (Fsp3) is 0.556. The minimum atomic E-state index is -0.993. The van der Waals surface area contributed by atoms with Gasteiger partial charge in [-0.05, 0) is 49.9 Å². The Morgan fingerprint density at radius 2 is 1.48 bits per heavy atom. The first kappa shape index (κ1) is 24.9. The number of ether oxygens (including phenoxy) is 1. The van der Waals surface area contributed by atoms with E-state index in [1.807, 2.05) is 0 Å². The van der Waals surface area contributed by atoms with Crippen molar-refractivity contribution in [2.45, 2.75) is 96.8 Å². The third-order valence-electron chi connectivity index (χ3n) is 5.82. The van der Waals surface area contributed by atoms with E-state index in [0.29, 0.717) is 18.6 Å². The van der Waals surface area contributed by atoms with E-state index in [9.17, 15) is 9.59 Å². The van der Waals surface area contributed by atoms with Crippen molar-refractivity contribution in [1.29, 1.82) is 0 Å². The smallest absolute Gasteiger partial charge is 0.335 e. The second-order valence-corrected chi connectivity index (χ2v) is 8.52. The lowest BCUT2D eigenvalue weighted by Crippen LogP contribution is -2.08. The highest BCUT2D eigenvalue weighted by Gasteiger charge is 2.11. The summed E-state index contributed by atoms with van der Waals surface area (Å²) >= 11 is 0. The van der Waals surface area contributed by atoms with Gasteiger partial charge in [0.15, 0.2) is 0 Å². The fourth-order valence-electron chi connectivity index (χ4n) is 3.92. The Bertz CT molecular complexity index is 743. The lowest BCUT2D eigenvalue weighted by Gasteiger charge is -2.05. The number of hydrogen-bond acceptors (Lipinski definition) is 3. The molecule has 0 saturated carbocycles. The Kier molecular flexibility index (Phi) is 11.7. The van der Waals surface area contributed by atoms with Gasteiger partial charge in [-0.2, -0.15) is 0 Å². The van der Waals surface area contributed by atoms with Crippen molar-refractivity contribution in [2.75, 3.05) is 0 Å². The first-order chi connectivity index (χ1) is 15.1. The second-order valence-electron chi connectivity index (χ2n) is 8.52. The number of carbonyl (C=O) groups excluding carboxylic acids is 1. The largest absolute Gasteiger partial charge is 0.478 e. The van der Waals surface area contributed by atoms with Crippen LogP contribution in [0.25, 0.3) is 0 Å². The predicted octanol–water partition coefficient (Wildman–Crippen LogP) is 7.64. The number of allylic oxidation sites excluding steroid dienone is 4. The molecule has 170 valence electrons. The maximum atomic E-state index is 12.1. The van der Waals surface area contributed by atoms with Crippen LogP contribution in [0.2, 0.25) is 0 Å². The topological polar surface area (TPSA) is 63.6 Å². The van der Waals surface area contributed by atoms with Crippen LogP contribution in [0.5, 0.6) is 5.75 Å². The van der Waals surface area contributed by atoms with Gasteiger partial charge in [0.1, 0.15) is 5.75 Å². The van der Waals surface area contributed by atoms with E-state index >= 15 is 0 Å². The summed E-state index contributed by atoms with van der Waals surface area (Å²) in [5.74, 6) is -0.894. The molecule has 1 aromatic carbocycles. The fourth-order valence-corrected chi connectivity index (χ4v) is 3.92.